The van der Waals surface area contributed by atoms with E-state index < -0.39 is 0 Å². The minimum atomic E-state index is -0.0626. The summed E-state index contributed by atoms with van der Waals surface area (Å²) in [7, 11) is 0. The van der Waals surface area contributed by atoms with Crippen molar-refractivity contribution < 1.29 is 4.79 Å². The van der Waals surface area contributed by atoms with Crippen LogP contribution in [0.25, 0.3) is 0 Å². The Morgan fingerprint density at radius 2 is 2.12 bits per heavy atom. The standard InChI is InChI=1S/C12H12N2OS/c1-8-7-13-6-5-10(8)14-12(15)11-4-3-9(2)16-11/h3-7H,1-2H3,(H,13,14,15). The molecule has 0 radical (unpaired) electrons. The van der Waals surface area contributed by atoms with Gasteiger partial charge in [-0.3, -0.25) is 9.78 Å². The fourth-order valence-corrected chi connectivity index (χ4v) is 2.12. The lowest BCUT2D eigenvalue weighted by Gasteiger charge is -2.05. The third-order valence-corrected chi connectivity index (χ3v) is 3.23. The van der Waals surface area contributed by atoms with Crippen molar-refractivity contribution in [2.45, 2.75) is 13.8 Å². The number of carbonyl (C=O) groups is 1. The summed E-state index contributed by atoms with van der Waals surface area (Å²) in [5, 5.41) is 2.87. The summed E-state index contributed by atoms with van der Waals surface area (Å²) in [6.07, 6.45) is 3.40. The van der Waals surface area contributed by atoms with Crippen LogP contribution < -0.4 is 5.32 Å². The molecular formula is C12H12N2OS. The molecule has 0 aliphatic carbocycles. The fourth-order valence-electron chi connectivity index (χ4n) is 1.35. The van der Waals surface area contributed by atoms with Crippen molar-refractivity contribution in [3.63, 3.8) is 0 Å². The second-order valence-electron chi connectivity index (χ2n) is 3.56. The molecule has 0 saturated carbocycles. The number of nitrogens with one attached hydrogen (secondary N) is 1. The van der Waals surface area contributed by atoms with Gasteiger partial charge in [-0.2, -0.15) is 0 Å². The molecule has 0 aromatic carbocycles. The first-order valence-corrected chi connectivity index (χ1v) is 5.77. The largest absolute Gasteiger partial charge is 0.321 e. The van der Waals surface area contributed by atoms with E-state index in [1.807, 2.05) is 26.0 Å². The Hall–Kier alpha value is -1.68. The molecule has 0 aliphatic heterocycles. The predicted molar refractivity (Wildman–Crippen MR) is 66.0 cm³/mol. The first-order valence-electron chi connectivity index (χ1n) is 4.95. The van der Waals surface area contributed by atoms with Crippen molar-refractivity contribution in [3.05, 3.63) is 45.9 Å². The highest BCUT2D eigenvalue weighted by atomic mass is 32.1. The van der Waals surface area contributed by atoms with Crippen molar-refractivity contribution >= 4 is 22.9 Å². The van der Waals surface area contributed by atoms with Crippen molar-refractivity contribution in [3.8, 4) is 0 Å². The van der Waals surface area contributed by atoms with Gasteiger partial charge in [0.1, 0.15) is 0 Å². The highest BCUT2D eigenvalue weighted by Crippen LogP contribution is 2.18. The highest BCUT2D eigenvalue weighted by molar-refractivity contribution is 7.14. The summed E-state index contributed by atoms with van der Waals surface area (Å²) >= 11 is 1.49. The molecule has 3 nitrogen and oxygen atoms in total. The van der Waals surface area contributed by atoms with Gasteiger partial charge in [-0.1, -0.05) is 0 Å². The monoisotopic (exact) mass is 232 g/mol. The van der Waals surface area contributed by atoms with Gasteiger partial charge >= 0.3 is 0 Å². The molecule has 0 saturated heterocycles. The van der Waals surface area contributed by atoms with Gasteiger partial charge in [-0.15, -0.1) is 11.3 Å². The molecule has 2 aromatic heterocycles. The van der Waals surface area contributed by atoms with E-state index >= 15 is 0 Å². The Morgan fingerprint density at radius 1 is 1.31 bits per heavy atom. The number of rotatable bonds is 2. The number of carbonyl (C=O) groups excluding carboxylic acids is 1. The summed E-state index contributed by atoms with van der Waals surface area (Å²) in [6, 6.07) is 5.58. The second-order valence-corrected chi connectivity index (χ2v) is 4.84. The van der Waals surface area contributed by atoms with Crippen molar-refractivity contribution in [2.24, 2.45) is 0 Å². The maximum atomic E-state index is 11.9. The molecule has 82 valence electrons. The Labute approximate surface area is 98.2 Å². The van der Waals surface area contributed by atoms with Crippen LogP contribution in [0.3, 0.4) is 0 Å². The third-order valence-electron chi connectivity index (χ3n) is 2.23. The molecule has 0 fully saturated rings. The first-order chi connectivity index (χ1) is 7.66. The van der Waals surface area contributed by atoms with Crippen LogP contribution in [0, 0.1) is 13.8 Å². The first kappa shape index (κ1) is 10.8. The summed E-state index contributed by atoms with van der Waals surface area (Å²) in [5.41, 5.74) is 1.77. The Kier molecular flexibility index (Phi) is 3.01. The zero-order valence-corrected chi connectivity index (χ0v) is 9.97. The van der Waals surface area contributed by atoms with E-state index in [-0.39, 0.29) is 5.91 Å². The SMILES string of the molecule is Cc1ccc(C(=O)Nc2ccncc2C)s1. The summed E-state index contributed by atoms with van der Waals surface area (Å²) in [4.78, 5) is 17.7. The van der Waals surface area contributed by atoms with Gasteiger partial charge < -0.3 is 5.32 Å². The number of aromatic nitrogens is 1. The quantitative estimate of drug-likeness (QED) is 0.864. The normalized spacial score (nSPS) is 10.1. The zero-order valence-electron chi connectivity index (χ0n) is 9.15. The van der Waals surface area contributed by atoms with E-state index in [0.29, 0.717) is 0 Å². The molecule has 0 bridgehead atoms. The molecule has 0 atom stereocenters. The molecule has 2 aromatic rings. The molecule has 4 heteroatoms. The van der Waals surface area contributed by atoms with Crippen LogP contribution in [0.5, 0.6) is 0 Å². The number of anilines is 1. The maximum Gasteiger partial charge on any atom is 0.265 e. The van der Waals surface area contributed by atoms with Gasteiger partial charge in [0.05, 0.1) is 4.88 Å². The summed E-state index contributed by atoms with van der Waals surface area (Å²) < 4.78 is 0. The maximum absolute atomic E-state index is 11.9. The minimum absolute atomic E-state index is 0.0626. The Bertz CT molecular complexity index is 519. The lowest BCUT2D eigenvalue weighted by Crippen LogP contribution is -2.11. The van der Waals surface area contributed by atoms with E-state index in [9.17, 15) is 4.79 Å². The van der Waals surface area contributed by atoms with Gasteiger partial charge in [-0.05, 0) is 37.6 Å². The molecule has 0 unspecified atom stereocenters. The van der Waals surface area contributed by atoms with Gasteiger partial charge in [0.25, 0.3) is 5.91 Å². The van der Waals surface area contributed by atoms with E-state index in [0.717, 1.165) is 21.0 Å². The van der Waals surface area contributed by atoms with Gasteiger partial charge in [-0.25, -0.2) is 0 Å². The summed E-state index contributed by atoms with van der Waals surface area (Å²) in [6.45, 7) is 3.90. The minimum Gasteiger partial charge on any atom is -0.321 e. The van der Waals surface area contributed by atoms with Gasteiger partial charge in [0, 0.05) is 23.0 Å². The van der Waals surface area contributed by atoms with Crippen molar-refractivity contribution in [1.82, 2.24) is 4.98 Å². The van der Waals surface area contributed by atoms with Crippen molar-refractivity contribution in [1.29, 1.82) is 0 Å². The lowest BCUT2D eigenvalue weighted by atomic mass is 10.2. The van der Waals surface area contributed by atoms with Crippen LogP contribution in [0.2, 0.25) is 0 Å². The zero-order chi connectivity index (χ0) is 11.5. The number of amides is 1. The third kappa shape index (κ3) is 2.28. The Balaban J connectivity index is 2.17. The van der Waals surface area contributed by atoms with Crippen LogP contribution in [-0.4, -0.2) is 10.9 Å². The average molecular weight is 232 g/mol. The van der Waals surface area contributed by atoms with E-state index in [1.165, 1.54) is 11.3 Å². The molecule has 1 amide bonds. The van der Waals surface area contributed by atoms with E-state index in [1.54, 1.807) is 18.5 Å². The average Bonchev–Trinajstić information content (AvgIpc) is 2.68. The van der Waals surface area contributed by atoms with Crippen LogP contribution in [0.1, 0.15) is 20.1 Å². The van der Waals surface area contributed by atoms with Gasteiger partial charge in [0.2, 0.25) is 0 Å². The van der Waals surface area contributed by atoms with Crippen LogP contribution >= 0.6 is 11.3 Å². The van der Waals surface area contributed by atoms with Crippen LogP contribution in [0.4, 0.5) is 5.69 Å². The molecule has 0 aliphatic rings. The number of thiophene rings is 1. The molecule has 2 heterocycles. The molecular weight excluding hydrogens is 220 g/mol. The number of nitrogens with zero attached hydrogens (tertiary/aromatic N) is 1. The number of aryl methyl sites for hydroxylation is 2. The smallest absolute Gasteiger partial charge is 0.265 e. The Morgan fingerprint density at radius 3 is 2.75 bits per heavy atom. The highest BCUT2D eigenvalue weighted by Gasteiger charge is 2.09. The molecule has 1 N–H and O–H groups in total. The lowest BCUT2D eigenvalue weighted by molar-refractivity contribution is 0.103. The van der Waals surface area contributed by atoms with Gasteiger partial charge in [0.15, 0.2) is 0 Å². The fraction of sp³-hybridized carbons (Fsp3) is 0.167. The number of hydrogen-bond acceptors (Lipinski definition) is 3. The van der Waals surface area contributed by atoms with E-state index in [4.69, 9.17) is 0 Å². The number of hydrogen-bond donors (Lipinski definition) is 1. The van der Waals surface area contributed by atoms with E-state index in [2.05, 4.69) is 10.3 Å². The van der Waals surface area contributed by atoms with Crippen LogP contribution in [0.15, 0.2) is 30.6 Å². The topological polar surface area (TPSA) is 42.0 Å². The van der Waals surface area contributed by atoms with Crippen molar-refractivity contribution in [2.75, 3.05) is 5.32 Å². The second kappa shape index (κ2) is 4.45. The molecule has 16 heavy (non-hydrogen) atoms. The number of pyridine rings is 1. The molecule has 0 spiro atoms. The predicted octanol–water partition coefficient (Wildman–Crippen LogP) is 3.01. The summed E-state index contributed by atoms with van der Waals surface area (Å²) in [5.74, 6) is -0.0626. The van der Waals surface area contributed by atoms with Crippen LogP contribution in [-0.2, 0) is 0 Å². The molecule has 2 rings (SSSR count).